The number of imidazole rings is 1. The van der Waals surface area contributed by atoms with E-state index in [4.69, 9.17) is 10.7 Å². The molecule has 4 heterocycles. The van der Waals surface area contributed by atoms with E-state index in [0.29, 0.717) is 16.9 Å². The lowest BCUT2D eigenvalue weighted by Gasteiger charge is -2.39. The Morgan fingerprint density at radius 2 is 2.07 bits per heavy atom. The predicted molar refractivity (Wildman–Crippen MR) is 113 cm³/mol. The van der Waals surface area contributed by atoms with Crippen LogP contribution in [0.5, 0.6) is 0 Å². The van der Waals surface area contributed by atoms with E-state index >= 15 is 0 Å². The molecule has 0 aromatic carbocycles. The highest BCUT2D eigenvalue weighted by Gasteiger charge is 2.49. The minimum atomic E-state index is 0.437. The Kier molecular flexibility index (Phi) is 3.72. The van der Waals surface area contributed by atoms with Gasteiger partial charge in [0.05, 0.1) is 10.6 Å². The molecule has 0 spiro atoms. The highest BCUT2D eigenvalue weighted by atomic mass is 32.1. The largest absolute Gasteiger partial charge is 0.398 e. The van der Waals surface area contributed by atoms with Gasteiger partial charge in [-0.05, 0) is 53.7 Å². The van der Waals surface area contributed by atoms with Crippen molar-refractivity contribution in [1.29, 1.82) is 0 Å². The van der Waals surface area contributed by atoms with Crippen molar-refractivity contribution >= 4 is 22.7 Å². The first-order chi connectivity index (χ1) is 12.8. The number of nitrogens with two attached hydrogens (primary N) is 1. The molecule has 2 aliphatic rings. The number of fused-ring (bicyclic) bond motifs is 3. The molecule has 2 N–H and O–H groups in total. The molecule has 1 saturated carbocycles. The van der Waals surface area contributed by atoms with Crippen molar-refractivity contribution in [3.8, 4) is 10.6 Å². The summed E-state index contributed by atoms with van der Waals surface area (Å²) in [7, 11) is 0. The number of likely N-dealkylation sites (tertiary alicyclic amines) is 1. The van der Waals surface area contributed by atoms with Gasteiger partial charge in [0.25, 0.3) is 0 Å². The number of anilines is 1. The summed E-state index contributed by atoms with van der Waals surface area (Å²) in [5.74, 6) is 0. The smallest absolute Gasteiger partial charge is 0.137 e. The second-order valence-electron chi connectivity index (χ2n) is 9.69. The van der Waals surface area contributed by atoms with Crippen LogP contribution in [0, 0.1) is 10.8 Å². The molecule has 1 aliphatic carbocycles. The Morgan fingerprint density at radius 3 is 2.85 bits per heavy atom. The molecule has 3 aromatic rings. The molecular formula is C22H28N4S. The third-order valence-corrected chi connectivity index (χ3v) is 7.25. The van der Waals surface area contributed by atoms with Gasteiger partial charge in [-0.15, -0.1) is 11.3 Å². The van der Waals surface area contributed by atoms with Crippen LogP contribution in [0.3, 0.4) is 0 Å². The number of nitrogen functional groups attached to an aromatic ring is 1. The van der Waals surface area contributed by atoms with E-state index < -0.39 is 0 Å². The monoisotopic (exact) mass is 380 g/mol. The quantitative estimate of drug-likeness (QED) is 0.692. The van der Waals surface area contributed by atoms with Crippen molar-refractivity contribution < 1.29 is 0 Å². The maximum Gasteiger partial charge on any atom is 0.137 e. The summed E-state index contributed by atoms with van der Waals surface area (Å²) in [6.07, 6.45) is 5.97. The number of hydrogen-bond acceptors (Lipinski definition) is 4. The fourth-order valence-corrected chi connectivity index (χ4v) is 6.56. The van der Waals surface area contributed by atoms with Crippen LogP contribution in [0.25, 0.3) is 16.2 Å². The molecule has 4 nitrogen and oxygen atoms in total. The number of hydrogen-bond donors (Lipinski definition) is 1. The maximum atomic E-state index is 6.11. The number of thiophene rings is 1. The first-order valence-corrected chi connectivity index (χ1v) is 10.7. The highest BCUT2D eigenvalue weighted by Crippen LogP contribution is 2.53. The summed E-state index contributed by atoms with van der Waals surface area (Å²) in [6.45, 7) is 9.47. The molecule has 142 valence electrons. The van der Waals surface area contributed by atoms with E-state index in [1.807, 2.05) is 18.3 Å². The van der Waals surface area contributed by atoms with E-state index in [-0.39, 0.29) is 0 Å². The minimum Gasteiger partial charge on any atom is -0.398 e. The molecule has 0 amide bonds. The van der Waals surface area contributed by atoms with Crippen molar-refractivity contribution in [2.24, 2.45) is 10.8 Å². The second kappa shape index (κ2) is 5.82. The SMILES string of the molecule is CC1(C)CC2CC(C)(CN2Cc2c(-c3cccs3)nc3ccc(N)cn23)C1. The zero-order chi connectivity index (χ0) is 18.8. The van der Waals surface area contributed by atoms with Gasteiger partial charge in [0.2, 0.25) is 0 Å². The Morgan fingerprint density at radius 1 is 1.22 bits per heavy atom. The minimum absolute atomic E-state index is 0.437. The van der Waals surface area contributed by atoms with Crippen molar-refractivity contribution in [1.82, 2.24) is 14.3 Å². The fraction of sp³-hybridized carbons (Fsp3) is 0.500. The highest BCUT2D eigenvalue weighted by molar-refractivity contribution is 7.13. The van der Waals surface area contributed by atoms with Gasteiger partial charge in [-0.25, -0.2) is 4.98 Å². The molecule has 1 saturated heterocycles. The van der Waals surface area contributed by atoms with Crippen LogP contribution in [-0.4, -0.2) is 26.9 Å². The molecule has 3 aromatic heterocycles. The van der Waals surface area contributed by atoms with Crippen LogP contribution < -0.4 is 5.73 Å². The lowest BCUT2D eigenvalue weighted by molar-refractivity contribution is 0.126. The van der Waals surface area contributed by atoms with Gasteiger partial charge in [-0.3, -0.25) is 9.30 Å². The molecule has 2 fully saturated rings. The van der Waals surface area contributed by atoms with Crippen molar-refractivity contribution in [3.63, 3.8) is 0 Å². The Labute approximate surface area is 165 Å². The van der Waals surface area contributed by atoms with E-state index in [9.17, 15) is 0 Å². The van der Waals surface area contributed by atoms with E-state index in [2.05, 4.69) is 47.6 Å². The maximum absolute atomic E-state index is 6.11. The third-order valence-electron chi connectivity index (χ3n) is 6.37. The van der Waals surface area contributed by atoms with Crippen LogP contribution in [0.2, 0.25) is 0 Å². The second-order valence-corrected chi connectivity index (χ2v) is 10.6. The molecule has 5 rings (SSSR count). The van der Waals surface area contributed by atoms with Crippen molar-refractivity contribution in [2.75, 3.05) is 12.3 Å². The lowest BCUT2D eigenvalue weighted by atomic mass is 9.65. The van der Waals surface area contributed by atoms with Gasteiger partial charge in [-0.2, -0.15) is 0 Å². The zero-order valence-electron chi connectivity index (χ0n) is 16.4. The Bertz CT molecular complexity index is 987. The van der Waals surface area contributed by atoms with Gasteiger partial charge in [0, 0.05) is 31.0 Å². The molecule has 5 heteroatoms. The van der Waals surface area contributed by atoms with Gasteiger partial charge in [0.15, 0.2) is 0 Å². The molecule has 1 aliphatic heterocycles. The molecule has 27 heavy (non-hydrogen) atoms. The molecule has 2 unspecified atom stereocenters. The Hall–Kier alpha value is -1.85. The van der Waals surface area contributed by atoms with E-state index in [1.165, 1.54) is 36.4 Å². The van der Waals surface area contributed by atoms with E-state index in [0.717, 1.165) is 23.6 Å². The molecule has 2 atom stereocenters. The summed E-state index contributed by atoms with van der Waals surface area (Å²) in [6, 6.07) is 8.92. The van der Waals surface area contributed by atoms with Crippen LogP contribution in [-0.2, 0) is 6.54 Å². The number of rotatable bonds is 3. The van der Waals surface area contributed by atoms with Crippen LogP contribution in [0.1, 0.15) is 45.7 Å². The summed E-state index contributed by atoms with van der Waals surface area (Å²) < 4.78 is 2.21. The van der Waals surface area contributed by atoms with Gasteiger partial charge in [-0.1, -0.05) is 26.8 Å². The topological polar surface area (TPSA) is 46.6 Å². The third kappa shape index (κ3) is 2.97. The van der Waals surface area contributed by atoms with Crippen molar-refractivity contribution in [3.05, 3.63) is 41.5 Å². The molecular weight excluding hydrogens is 352 g/mol. The molecule has 0 radical (unpaired) electrons. The average Bonchev–Trinajstić information content (AvgIpc) is 3.25. The number of aromatic nitrogens is 2. The average molecular weight is 381 g/mol. The first-order valence-electron chi connectivity index (χ1n) is 9.86. The summed E-state index contributed by atoms with van der Waals surface area (Å²) in [5.41, 5.74) is 11.1. The number of nitrogens with zero attached hydrogens (tertiary/aromatic N) is 3. The standard InChI is InChI=1S/C22H28N4S/c1-21(2)9-16-10-22(3,13-21)14-25(16)12-17-20(18-5-4-8-27-18)24-19-7-6-15(23)11-26(17)19/h4-8,11,16H,9-10,12-14,23H2,1-3H3. The molecule has 2 bridgehead atoms. The van der Waals surface area contributed by atoms with Gasteiger partial charge >= 0.3 is 0 Å². The lowest BCUT2D eigenvalue weighted by Crippen LogP contribution is -2.34. The van der Waals surface area contributed by atoms with Crippen LogP contribution >= 0.6 is 11.3 Å². The number of pyridine rings is 1. The predicted octanol–water partition coefficient (Wildman–Crippen LogP) is 5.05. The van der Waals surface area contributed by atoms with Crippen LogP contribution in [0.15, 0.2) is 35.8 Å². The van der Waals surface area contributed by atoms with Crippen molar-refractivity contribution in [2.45, 2.75) is 52.6 Å². The summed E-state index contributed by atoms with van der Waals surface area (Å²) in [4.78, 5) is 8.90. The summed E-state index contributed by atoms with van der Waals surface area (Å²) in [5, 5.41) is 2.13. The van der Waals surface area contributed by atoms with Crippen LogP contribution in [0.4, 0.5) is 5.69 Å². The summed E-state index contributed by atoms with van der Waals surface area (Å²) >= 11 is 1.76. The normalized spacial score (nSPS) is 27.4. The van der Waals surface area contributed by atoms with E-state index in [1.54, 1.807) is 11.3 Å². The zero-order valence-corrected chi connectivity index (χ0v) is 17.2. The van der Waals surface area contributed by atoms with Gasteiger partial charge < -0.3 is 5.73 Å². The first kappa shape index (κ1) is 17.3. The Balaban J connectivity index is 1.57. The fourth-order valence-electron chi connectivity index (χ4n) is 5.83. The van der Waals surface area contributed by atoms with Gasteiger partial charge in [0.1, 0.15) is 11.3 Å².